The predicted octanol–water partition coefficient (Wildman–Crippen LogP) is 2.12. The van der Waals surface area contributed by atoms with Gasteiger partial charge in [-0.05, 0) is 30.5 Å². The minimum Gasteiger partial charge on any atom is -0.481 e. The minimum absolute atomic E-state index is 0.0665. The molecule has 2 rings (SSSR count). The molecule has 1 saturated carbocycles. The molecule has 0 atom stereocenters. The number of carboxylic acids is 1. The number of thioether (sulfide) groups is 1. The number of rotatable bonds is 8. The van der Waals surface area contributed by atoms with Crippen molar-refractivity contribution in [3.05, 3.63) is 29.8 Å². The van der Waals surface area contributed by atoms with E-state index in [1.165, 1.54) is 11.8 Å². The van der Waals surface area contributed by atoms with Crippen LogP contribution in [0.3, 0.4) is 0 Å². The van der Waals surface area contributed by atoms with Gasteiger partial charge >= 0.3 is 5.97 Å². The number of ether oxygens (including phenoxy) is 1. The molecule has 114 valence electrons. The van der Waals surface area contributed by atoms with Gasteiger partial charge in [-0.15, -0.1) is 11.8 Å². The van der Waals surface area contributed by atoms with Gasteiger partial charge in [0.2, 0.25) is 5.91 Å². The van der Waals surface area contributed by atoms with Crippen molar-refractivity contribution >= 4 is 29.3 Å². The van der Waals surface area contributed by atoms with Crippen LogP contribution in [0.5, 0.6) is 0 Å². The summed E-state index contributed by atoms with van der Waals surface area (Å²) in [6.07, 6.45) is 1.37. The number of hydrogen-bond acceptors (Lipinski definition) is 4. The van der Waals surface area contributed by atoms with Gasteiger partial charge < -0.3 is 15.2 Å². The molecule has 1 aromatic rings. The maximum atomic E-state index is 11.7. The highest BCUT2D eigenvalue weighted by Crippen LogP contribution is 2.48. The summed E-state index contributed by atoms with van der Waals surface area (Å²) in [5.41, 5.74) is 0.804. The summed E-state index contributed by atoms with van der Waals surface area (Å²) in [4.78, 5) is 22.9. The zero-order valence-corrected chi connectivity index (χ0v) is 12.7. The Kier molecular flexibility index (Phi) is 5.25. The lowest BCUT2D eigenvalue weighted by atomic mass is 9.96. The molecule has 1 aromatic carbocycles. The second-order valence-electron chi connectivity index (χ2n) is 5.06. The number of carboxylic acid groups (broad SMARTS) is 1. The van der Waals surface area contributed by atoms with E-state index in [0.29, 0.717) is 30.9 Å². The van der Waals surface area contributed by atoms with E-state index < -0.39 is 11.4 Å². The van der Waals surface area contributed by atoms with Gasteiger partial charge in [0.15, 0.2) is 0 Å². The monoisotopic (exact) mass is 309 g/mol. The van der Waals surface area contributed by atoms with Gasteiger partial charge in [0, 0.05) is 18.6 Å². The van der Waals surface area contributed by atoms with Crippen LogP contribution in [0.1, 0.15) is 18.4 Å². The van der Waals surface area contributed by atoms with E-state index in [1.54, 1.807) is 31.4 Å². The van der Waals surface area contributed by atoms with Gasteiger partial charge in [0.1, 0.15) is 0 Å². The molecule has 2 N–H and O–H groups in total. The lowest BCUT2D eigenvalue weighted by molar-refractivity contribution is -0.140. The molecular formula is C15H19NO4S. The lowest BCUT2D eigenvalue weighted by Gasteiger charge is -2.11. The number of anilines is 1. The molecule has 0 aromatic heterocycles. The van der Waals surface area contributed by atoms with E-state index >= 15 is 0 Å². The standard InChI is InChI=1S/C15H19NO4S/c1-20-8-9-21-10-13(17)16-12-4-2-11(3-5-12)15(6-7-15)14(18)19/h2-5H,6-10H2,1H3,(H,16,17)(H,18,19). The molecule has 21 heavy (non-hydrogen) atoms. The maximum Gasteiger partial charge on any atom is 0.314 e. The molecule has 0 bridgehead atoms. The van der Waals surface area contributed by atoms with E-state index in [0.717, 1.165) is 11.3 Å². The molecule has 0 heterocycles. The summed E-state index contributed by atoms with van der Waals surface area (Å²) in [5.74, 6) is 0.325. The van der Waals surface area contributed by atoms with Crippen LogP contribution < -0.4 is 5.32 Å². The Labute approximate surface area is 128 Å². The van der Waals surface area contributed by atoms with E-state index in [4.69, 9.17) is 4.74 Å². The highest BCUT2D eigenvalue weighted by atomic mass is 32.2. The lowest BCUT2D eigenvalue weighted by Crippen LogP contribution is -2.19. The molecular weight excluding hydrogens is 290 g/mol. The average molecular weight is 309 g/mol. The zero-order valence-electron chi connectivity index (χ0n) is 11.9. The van der Waals surface area contributed by atoms with E-state index in [2.05, 4.69) is 5.32 Å². The van der Waals surface area contributed by atoms with Crippen molar-refractivity contribution in [2.45, 2.75) is 18.3 Å². The van der Waals surface area contributed by atoms with Crippen molar-refractivity contribution in [3.8, 4) is 0 Å². The third kappa shape index (κ3) is 3.98. The Morgan fingerprint density at radius 3 is 2.52 bits per heavy atom. The van der Waals surface area contributed by atoms with Crippen LogP contribution in [-0.4, -0.2) is 42.2 Å². The van der Waals surface area contributed by atoms with Gasteiger partial charge in [0.25, 0.3) is 0 Å². The predicted molar refractivity (Wildman–Crippen MR) is 82.8 cm³/mol. The van der Waals surface area contributed by atoms with Crippen molar-refractivity contribution in [2.24, 2.45) is 0 Å². The molecule has 1 aliphatic carbocycles. The second kappa shape index (κ2) is 6.95. The number of aliphatic carboxylic acids is 1. The summed E-state index contributed by atoms with van der Waals surface area (Å²) in [7, 11) is 1.63. The van der Waals surface area contributed by atoms with Crippen molar-refractivity contribution in [2.75, 3.05) is 30.5 Å². The number of carbonyl (C=O) groups excluding carboxylic acids is 1. The molecule has 6 heteroatoms. The fourth-order valence-corrected chi connectivity index (χ4v) is 2.81. The smallest absolute Gasteiger partial charge is 0.314 e. The van der Waals surface area contributed by atoms with Crippen molar-refractivity contribution in [3.63, 3.8) is 0 Å². The molecule has 0 saturated heterocycles. The fourth-order valence-electron chi connectivity index (χ4n) is 2.13. The first-order valence-corrected chi connectivity index (χ1v) is 7.94. The highest BCUT2D eigenvalue weighted by molar-refractivity contribution is 7.99. The largest absolute Gasteiger partial charge is 0.481 e. The summed E-state index contributed by atoms with van der Waals surface area (Å²) in [5, 5.41) is 12.0. The zero-order chi connectivity index (χ0) is 15.3. The summed E-state index contributed by atoms with van der Waals surface area (Å²) in [6, 6.07) is 7.09. The average Bonchev–Trinajstić information content (AvgIpc) is 3.26. The summed E-state index contributed by atoms with van der Waals surface area (Å²) < 4.78 is 4.91. The highest BCUT2D eigenvalue weighted by Gasteiger charge is 2.51. The Bertz CT molecular complexity index is 511. The van der Waals surface area contributed by atoms with Crippen LogP contribution >= 0.6 is 11.8 Å². The van der Waals surface area contributed by atoms with Gasteiger partial charge in [-0.25, -0.2) is 0 Å². The first-order valence-electron chi connectivity index (χ1n) is 6.79. The molecule has 0 unspecified atom stereocenters. The van der Waals surface area contributed by atoms with Crippen molar-refractivity contribution < 1.29 is 19.4 Å². The van der Waals surface area contributed by atoms with Gasteiger partial charge in [-0.2, -0.15) is 0 Å². The van der Waals surface area contributed by atoms with Crippen LogP contribution in [0.15, 0.2) is 24.3 Å². The number of carbonyl (C=O) groups is 2. The summed E-state index contributed by atoms with van der Waals surface area (Å²) >= 11 is 1.51. The maximum absolute atomic E-state index is 11.7. The van der Waals surface area contributed by atoms with E-state index in [1.807, 2.05) is 0 Å². The van der Waals surface area contributed by atoms with Crippen LogP contribution in [0.25, 0.3) is 0 Å². The second-order valence-corrected chi connectivity index (χ2v) is 6.16. The first kappa shape index (κ1) is 15.9. The molecule has 1 amide bonds. The van der Waals surface area contributed by atoms with Crippen LogP contribution in [0, 0.1) is 0 Å². The first-order chi connectivity index (χ1) is 10.1. The Hall–Kier alpha value is -1.53. The topological polar surface area (TPSA) is 75.6 Å². The molecule has 1 fully saturated rings. The molecule has 0 aliphatic heterocycles. The number of amides is 1. The van der Waals surface area contributed by atoms with Crippen molar-refractivity contribution in [1.82, 2.24) is 0 Å². The van der Waals surface area contributed by atoms with Gasteiger partial charge in [-0.3, -0.25) is 9.59 Å². The fraction of sp³-hybridized carbons (Fsp3) is 0.467. The SMILES string of the molecule is COCCSCC(=O)Nc1ccc(C2(C(=O)O)CC2)cc1. The van der Waals surface area contributed by atoms with E-state index in [9.17, 15) is 14.7 Å². The van der Waals surface area contributed by atoms with Gasteiger partial charge in [-0.1, -0.05) is 12.1 Å². The van der Waals surface area contributed by atoms with Gasteiger partial charge in [0.05, 0.1) is 17.8 Å². The van der Waals surface area contributed by atoms with Crippen LogP contribution in [-0.2, 0) is 19.7 Å². The van der Waals surface area contributed by atoms with Crippen LogP contribution in [0.2, 0.25) is 0 Å². The third-order valence-electron chi connectivity index (χ3n) is 3.55. The Balaban J connectivity index is 1.85. The molecule has 1 aliphatic rings. The number of hydrogen-bond donors (Lipinski definition) is 2. The Morgan fingerprint density at radius 1 is 1.33 bits per heavy atom. The number of nitrogens with one attached hydrogen (secondary N) is 1. The molecule has 5 nitrogen and oxygen atoms in total. The van der Waals surface area contributed by atoms with Crippen LogP contribution in [0.4, 0.5) is 5.69 Å². The number of methoxy groups -OCH3 is 1. The normalized spacial score (nSPS) is 15.5. The van der Waals surface area contributed by atoms with E-state index in [-0.39, 0.29) is 5.91 Å². The number of benzene rings is 1. The molecule has 0 radical (unpaired) electrons. The quantitative estimate of drug-likeness (QED) is 0.719. The summed E-state index contributed by atoms with van der Waals surface area (Å²) in [6.45, 7) is 0.629. The van der Waals surface area contributed by atoms with Crippen molar-refractivity contribution in [1.29, 1.82) is 0 Å². The minimum atomic E-state index is -0.770. The molecule has 0 spiro atoms. The Morgan fingerprint density at radius 2 is 2.00 bits per heavy atom. The third-order valence-corrected chi connectivity index (χ3v) is 4.47.